The average Bonchev–Trinajstić information content (AvgIpc) is 2.65. The van der Waals surface area contributed by atoms with E-state index >= 15 is 0 Å². The highest BCUT2D eigenvalue weighted by Gasteiger charge is 2.23. The van der Waals surface area contributed by atoms with Gasteiger partial charge in [-0.2, -0.15) is 0 Å². The zero-order valence-corrected chi connectivity index (χ0v) is 9.95. The maximum atomic E-state index is 11.5. The number of hydrogen-bond acceptors (Lipinski definition) is 4. The summed E-state index contributed by atoms with van der Waals surface area (Å²) >= 11 is 0. The Bertz CT molecular complexity index is 201. The molecule has 0 aromatic rings. The SMILES string of the molecule is CCN(CC(=O)OC(C)C)C1CCNC1. The Morgan fingerprint density at radius 1 is 1.60 bits per heavy atom. The summed E-state index contributed by atoms with van der Waals surface area (Å²) in [6.45, 7) is 9.21. The second kappa shape index (κ2) is 6.08. The van der Waals surface area contributed by atoms with Crippen LogP contribution in [0.25, 0.3) is 0 Å². The third kappa shape index (κ3) is 4.18. The minimum absolute atomic E-state index is 0.0158. The molecule has 4 nitrogen and oxygen atoms in total. The van der Waals surface area contributed by atoms with Crippen LogP contribution in [0.3, 0.4) is 0 Å². The molecule has 1 N–H and O–H groups in total. The summed E-state index contributed by atoms with van der Waals surface area (Å²) in [6.07, 6.45) is 1.11. The third-order valence-corrected chi connectivity index (χ3v) is 2.66. The molecule has 88 valence electrons. The fourth-order valence-electron chi connectivity index (χ4n) is 1.92. The number of likely N-dealkylation sites (N-methyl/N-ethyl adjacent to an activating group) is 1. The van der Waals surface area contributed by atoms with E-state index in [0.717, 1.165) is 26.1 Å². The molecule has 1 aliphatic heterocycles. The quantitative estimate of drug-likeness (QED) is 0.681. The van der Waals surface area contributed by atoms with E-state index in [-0.39, 0.29) is 12.1 Å². The Kier molecular flexibility index (Phi) is 5.05. The second-order valence-corrected chi connectivity index (χ2v) is 4.25. The number of esters is 1. The highest BCUT2D eigenvalue weighted by atomic mass is 16.5. The molecule has 0 bridgehead atoms. The van der Waals surface area contributed by atoms with Gasteiger partial charge in [-0.1, -0.05) is 6.92 Å². The number of ether oxygens (including phenoxy) is 1. The summed E-state index contributed by atoms with van der Waals surface area (Å²) in [4.78, 5) is 13.7. The molecule has 1 heterocycles. The van der Waals surface area contributed by atoms with Gasteiger partial charge in [-0.05, 0) is 33.4 Å². The van der Waals surface area contributed by atoms with Crippen molar-refractivity contribution >= 4 is 5.97 Å². The van der Waals surface area contributed by atoms with Crippen molar-refractivity contribution in [3.05, 3.63) is 0 Å². The normalized spacial score (nSPS) is 21.3. The Hall–Kier alpha value is -0.610. The molecule has 0 radical (unpaired) electrons. The van der Waals surface area contributed by atoms with Gasteiger partial charge in [0.25, 0.3) is 0 Å². The Morgan fingerprint density at radius 2 is 2.33 bits per heavy atom. The predicted octanol–water partition coefficient (Wildman–Crippen LogP) is 0.622. The molecule has 15 heavy (non-hydrogen) atoms. The molecule has 0 aromatic heterocycles. The van der Waals surface area contributed by atoms with Crippen molar-refractivity contribution in [2.45, 2.75) is 39.3 Å². The molecule has 4 heteroatoms. The maximum Gasteiger partial charge on any atom is 0.320 e. The molecular formula is C11H22N2O2. The number of nitrogens with one attached hydrogen (secondary N) is 1. The fourth-order valence-corrected chi connectivity index (χ4v) is 1.92. The summed E-state index contributed by atoms with van der Waals surface area (Å²) < 4.78 is 5.14. The van der Waals surface area contributed by atoms with Gasteiger partial charge in [0, 0.05) is 12.6 Å². The predicted molar refractivity (Wildman–Crippen MR) is 59.7 cm³/mol. The Balaban J connectivity index is 2.35. The lowest BCUT2D eigenvalue weighted by Crippen LogP contribution is -2.41. The summed E-state index contributed by atoms with van der Waals surface area (Å²) in [5.74, 6) is -0.112. The van der Waals surface area contributed by atoms with Crippen LogP contribution in [0.1, 0.15) is 27.2 Å². The first-order chi connectivity index (χ1) is 7.13. The van der Waals surface area contributed by atoms with Crippen molar-refractivity contribution in [3.63, 3.8) is 0 Å². The summed E-state index contributed by atoms with van der Waals surface area (Å²) in [5, 5.41) is 3.31. The lowest BCUT2D eigenvalue weighted by molar-refractivity contribution is -0.149. The van der Waals surface area contributed by atoms with Gasteiger partial charge >= 0.3 is 5.97 Å². The van der Waals surface area contributed by atoms with E-state index in [0.29, 0.717) is 12.6 Å². The molecular weight excluding hydrogens is 192 g/mol. The molecule has 1 saturated heterocycles. The summed E-state index contributed by atoms with van der Waals surface area (Å²) in [7, 11) is 0. The van der Waals surface area contributed by atoms with Gasteiger partial charge < -0.3 is 10.1 Å². The van der Waals surface area contributed by atoms with E-state index in [4.69, 9.17) is 4.74 Å². The Labute approximate surface area is 92.0 Å². The van der Waals surface area contributed by atoms with E-state index in [2.05, 4.69) is 17.1 Å². The van der Waals surface area contributed by atoms with Crippen LogP contribution < -0.4 is 5.32 Å². The highest BCUT2D eigenvalue weighted by Crippen LogP contribution is 2.08. The minimum atomic E-state index is -0.112. The summed E-state index contributed by atoms with van der Waals surface area (Å²) in [6, 6.07) is 0.495. The zero-order chi connectivity index (χ0) is 11.3. The van der Waals surface area contributed by atoms with E-state index in [9.17, 15) is 4.79 Å². The van der Waals surface area contributed by atoms with Crippen LogP contribution in [0, 0.1) is 0 Å². The number of carbonyl (C=O) groups excluding carboxylic acids is 1. The fraction of sp³-hybridized carbons (Fsp3) is 0.909. The first-order valence-corrected chi connectivity index (χ1v) is 5.77. The standard InChI is InChI=1S/C11H22N2O2/c1-4-13(10-5-6-12-7-10)8-11(14)15-9(2)3/h9-10,12H,4-8H2,1-3H3. The molecule has 0 aliphatic carbocycles. The van der Waals surface area contributed by atoms with E-state index in [1.54, 1.807) is 0 Å². The van der Waals surface area contributed by atoms with Crippen LogP contribution in [0.4, 0.5) is 0 Å². The number of nitrogens with zero attached hydrogens (tertiary/aromatic N) is 1. The smallest absolute Gasteiger partial charge is 0.320 e. The van der Waals surface area contributed by atoms with Gasteiger partial charge in [-0.15, -0.1) is 0 Å². The average molecular weight is 214 g/mol. The van der Waals surface area contributed by atoms with Gasteiger partial charge in [0.15, 0.2) is 0 Å². The van der Waals surface area contributed by atoms with Crippen LogP contribution >= 0.6 is 0 Å². The topological polar surface area (TPSA) is 41.6 Å². The number of hydrogen-bond donors (Lipinski definition) is 1. The first kappa shape index (κ1) is 12.5. The maximum absolute atomic E-state index is 11.5. The molecule has 0 spiro atoms. The second-order valence-electron chi connectivity index (χ2n) is 4.25. The number of carbonyl (C=O) groups is 1. The molecule has 0 aromatic carbocycles. The lowest BCUT2D eigenvalue weighted by Gasteiger charge is -2.26. The molecule has 1 aliphatic rings. The van der Waals surface area contributed by atoms with E-state index in [1.165, 1.54) is 0 Å². The van der Waals surface area contributed by atoms with E-state index in [1.807, 2.05) is 13.8 Å². The van der Waals surface area contributed by atoms with Crippen molar-refractivity contribution in [1.29, 1.82) is 0 Å². The monoisotopic (exact) mass is 214 g/mol. The van der Waals surface area contributed by atoms with Gasteiger partial charge in [-0.25, -0.2) is 0 Å². The third-order valence-electron chi connectivity index (χ3n) is 2.66. The van der Waals surface area contributed by atoms with Crippen molar-refractivity contribution in [2.24, 2.45) is 0 Å². The molecule has 1 unspecified atom stereocenters. The number of rotatable bonds is 5. The molecule has 1 atom stereocenters. The van der Waals surface area contributed by atoms with Crippen LogP contribution in [-0.4, -0.2) is 49.2 Å². The summed E-state index contributed by atoms with van der Waals surface area (Å²) in [5.41, 5.74) is 0. The molecule has 1 fully saturated rings. The van der Waals surface area contributed by atoms with Crippen LogP contribution in [0.5, 0.6) is 0 Å². The van der Waals surface area contributed by atoms with Gasteiger partial charge in [0.05, 0.1) is 12.6 Å². The zero-order valence-electron chi connectivity index (χ0n) is 9.95. The van der Waals surface area contributed by atoms with Gasteiger partial charge in [0.2, 0.25) is 0 Å². The largest absolute Gasteiger partial charge is 0.462 e. The molecule has 1 rings (SSSR count). The minimum Gasteiger partial charge on any atom is -0.462 e. The highest BCUT2D eigenvalue weighted by molar-refractivity contribution is 5.71. The van der Waals surface area contributed by atoms with Crippen LogP contribution in [0.2, 0.25) is 0 Å². The van der Waals surface area contributed by atoms with Crippen molar-refractivity contribution in [3.8, 4) is 0 Å². The molecule has 0 amide bonds. The Morgan fingerprint density at radius 3 is 2.80 bits per heavy atom. The van der Waals surface area contributed by atoms with Crippen LogP contribution in [0.15, 0.2) is 0 Å². The van der Waals surface area contributed by atoms with Crippen molar-refractivity contribution in [1.82, 2.24) is 10.2 Å². The van der Waals surface area contributed by atoms with Gasteiger partial charge in [0.1, 0.15) is 0 Å². The van der Waals surface area contributed by atoms with E-state index < -0.39 is 0 Å². The van der Waals surface area contributed by atoms with Crippen LogP contribution in [-0.2, 0) is 9.53 Å². The first-order valence-electron chi connectivity index (χ1n) is 5.77. The lowest BCUT2D eigenvalue weighted by atomic mass is 10.2. The van der Waals surface area contributed by atoms with Crippen molar-refractivity contribution in [2.75, 3.05) is 26.2 Å². The van der Waals surface area contributed by atoms with Gasteiger partial charge in [-0.3, -0.25) is 9.69 Å². The van der Waals surface area contributed by atoms with Crippen molar-refractivity contribution < 1.29 is 9.53 Å². The molecule has 0 saturated carbocycles.